The molecule has 6 heteroatoms. The van der Waals surface area contributed by atoms with Crippen molar-refractivity contribution in [2.45, 2.75) is 6.42 Å². The Hall–Kier alpha value is -1.40. The van der Waals surface area contributed by atoms with E-state index in [2.05, 4.69) is 9.71 Å². The molecule has 0 amide bonds. The van der Waals surface area contributed by atoms with Gasteiger partial charge in [-0.3, -0.25) is 0 Å². The highest BCUT2D eigenvalue weighted by Gasteiger charge is 2.03. The maximum atomic E-state index is 10.9. The van der Waals surface area contributed by atoms with Gasteiger partial charge in [0.15, 0.2) is 0 Å². The molecule has 0 aliphatic heterocycles. The summed E-state index contributed by atoms with van der Waals surface area (Å²) in [7, 11) is -1.16. The Kier molecular flexibility index (Phi) is 3.17. The second kappa shape index (κ2) is 4.46. The van der Waals surface area contributed by atoms with Crippen molar-refractivity contribution in [2.24, 2.45) is 7.05 Å². The van der Waals surface area contributed by atoms with E-state index in [1.807, 2.05) is 29.8 Å². The van der Waals surface area contributed by atoms with E-state index in [4.69, 9.17) is 0 Å². The third-order valence-corrected chi connectivity index (χ3v) is 3.30. The molecule has 0 aliphatic rings. The highest BCUT2D eigenvalue weighted by atomic mass is 32.2. The fraction of sp³-hybridized carbons (Fsp3) is 0.364. The first-order chi connectivity index (χ1) is 7.96. The van der Waals surface area contributed by atoms with E-state index in [0.29, 0.717) is 13.0 Å². The first kappa shape index (κ1) is 12.1. The normalized spacial score (nSPS) is 12.1. The summed E-state index contributed by atoms with van der Waals surface area (Å²) in [6.07, 6.45) is 3.59. The number of fused-ring (bicyclic) bond motifs is 1. The molecular weight excluding hydrogens is 238 g/mol. The van der Waals surface area contributed by atoms with Gasteiger partial charge in [-0.15, -0.1) is 0 Å². The first-order valence-electron chi connectivity index (χ1n) is 5.30. The number of imidazole rings is 1. The van der Waals surface area contributed by atoms with E-state index in [0.717, 1.165) is 22.9 Å². The third kappa shape index (κ3) is 3.04. The lowest BCUT2D eigenvalue weighted by molar-refractivity contribution is 0.588. The van der Waals surface area contributed by atoms with Crippen LogP contribution >= 0.6 is 0 Å². The highest BCUT2D eigenvalue weighted by molar-refractivity contribution is 7.88. The van der Waals surface area contributed by atoms with Gasteiger partial charge in [-0.1, -0.05) is 6.07 Å². The number of nitrogens with one attached hydrogen (secondary N) is 1. The van der Waals surface area contributed by atoms with Crippen LogP contribution in [0.1, 0.15) is 5.56 Å². The molecule has 2 aromatic rings. The molecule has 1 aromatic heterocycles. The van der Waals surface area contributed by atoms with Gasteiger partial charge >= 0.3 is 0 Å². The summed E-state index contributed by atoms with van der Waals surface area (Å²) in [5.41, 5.74) is 3.08. The molecule has 92 valence electrons. The molecule has 1 aromatic carbocycles. The van der Waals surface area contributed by atoms with Crippen molar-refractivity contribution in [3.63, 3.8) is 0 Å². The lowest BCUT2D eigenvalue weighted by atomic mass is 10.1. The molecule has 0 saturated carbocycles. The number of hydrogen-bond donors (Lipinski definition) is 1. The van der Waals surface area contributed by atoms with Crippen LogP contribution in [0, 0.1) is 0 Å². The summed E-state index contributed by atoms with van der Waals surface area (Å²) < 4.78 is 26.2. The van der Waals surface area contributed by atoms with Crippen molar-refractivity contribution in [3.8, 4) is 0 Å². The lowest BCUT2D eigenvalue weighted by Gasteiger charge is -2.03. The van der Waals surface area contributed by atoms with Crippen LogP contribution in [0.2, 0.25) is 0 Å². The van der Waals surface area contributed by atoms with Gasteiger partial charge < -0.3 is 4.57 Å². The van der Waals surface area contributed by atoms with Crippen molar-refractivity contribution in [1.82, 2.24) is 14.3 Å². The Balaban J connectivity index is 2.09. The zero-order valence-electron chi connectivity index (χ0n) is 9.84. The number of rotatable bonds is 4. The van der Waals surface area contributed by atoms with Gasteiger partial charge in [-0.2, -0.15) is 0 Å². The Labute approximate surface area is 101 Å². The van der Waals surface area contributed by atoms with Crippen molar-refractivity contribution < 1.29 is 8.42 Å². The van der Waals surface area contributed by atoms with Crippen molar-refractivity contribution in [2.75, 3.05) is 12.8 Å². The summed E-state index contributed by atoms with van der Waals surface area (Å²) in [6, 6.07) is 5.98. The molecule has 0 fully saturated rings. The van der Waals surface area contributed by atoms with Crippen LogP contribution in [-0.2, 0) is 23.5 Å². The van der Waals surface area contributed by atoms with Crippen LogP contribution < -0.4 is 4.72 Å². The summed E-state index contributed by atoms with van der Waals surface area (Å²) in [4.78, 5) is 4.26. The quantitative estimate of drug-likeness (QED) is 0.871. The molecule has 0 unspecified atom stereocenters. The summed E-state index contributed by atoms with van der Waals surface area (Å²) in [6.45, 7) is 0.414. The van der Waals surface area contributed by atoms with E-state index < -0.39 is 10.0 Å². The van der Waals surface area contributed by atoms with Crippen LogP contribution in [0.4, 0.5) is 0 Å². The fourth-order valence-corrected chi connectivity index (χ4v) is 2.19. The van der Waals surface area contributed by atoms with Gasteiger partial charge in [0, 0.05) is 13.6 Å². The van der Waals surface area contributed by atoms with Crippen LogP contribution in [0.3, 0.4) is 0 Å². The zero-order chi connectivity index (χ0) is 12.5. The molecule has 0 atom stereocenters. The standard InChI is InChI=1S/C11H15N3O2S/c1-14-8-12-10-7-9(3-4-11(10)14)5-6-13-17(2,15)16/h3-4,7-8,13H,5-6H2,1-2H3. The number of hydrogen-bond acceptors (Lipinski definition) is 3. The van der Waals surface area contributed by atoms with Gasteiger partial charge in [0.25, 0.3) is 0 Å². The molecule has 0 bridgehead atoms. The van der Waals surface area contributed by atoms with E-state index in [1.165, 1.54) is 0 Å². The molecule has 0 spiro atoms. The molecule has 0 saturated heterocycles. The lowest BCUT2D eigenvalue weighted by Crippen LogP contribution is -2.24. The minimum atomic E-state index is -3.10. The topological polar surface area (TPSA) is 64.0 Å². The largest absolute Gasteiger partial charge is 0.334 e. The van der Waals surface area contributed by atoms with Crippen molar-refractivity contribution >= 4 is 21.1 Å². The number of sulfonamides is 1. The second-order valence-electron chi connectivity index (χ2n) is 4.10. The highest BCUT2D eigenvalue weighted by Crippen LogP contribution is 2.13. The van der Waals surface area contributed by atoms with Gasteiger partial charge in [-0.25, -0.2) is 18.1 Å². The maximum Gasteiger partial charge on any atom is 0.208 e. The van der Waals surface area contributed by atoms with Crippen LogP contribution in [-0.4, -0.2) is 30.8 Å². The molecule has 17 heavy (non-hydrogen) atoms. The van der Waals surface area contributed by atoms with Gasteiger partial charge in [0.05, 0.1) is 23.6 Å². The van der Waals surface area contributed by atoms with Gasteiger partial charge in [-0.05, 0) is 24.1 Å². The molecule has 2 rings (SSSR count). The van der Waals surface area contributed by atoms with Crippen molar-refractivity contribution in [3.05, 3.63) is 30.1 Å². The second-order valence-corrected chi connectivity index (χ2v) is 5.93. The number of nitrogens with zero attached hydrogens (tertiary/aromatic N) is 2. The third-order valence-electron chi connectivity index (χ3n) is 2.57. The number of benzene rings is 1. The molecule has 5 nitrogen and oxygen atoms in total. The SMILES string of the molecule is Cn1cnc2cc(CCNS(C)(=O)=O)ccc21. The Bertz CT molecular complexity index is 631. The van der Waals surface area contributed by atoms with E-state index in [-0.39, 0.29) is 0 Å². The fourth-order valence-electron chi connectivity index (χ4n) is 1.72. The smallest absolute Gasteiger partial charge is 0.208 e. The minimum absolute atomic E-state index is 0.414. The van der Waals surface area contributed by atoms with E-state index in [9.17, 15) is 8.42 Å². The Morgan fingerprint density at radius 2 is 2.18 bits per heavy atom. The number of aryl methyl sites for hydroxylation is 1. The zero-order valence-corrected chi connectivity index (χ0v) is 10.7. The molecule has 1 heterocycles. The monoisotopic (exact) mass is 253 g/mol. The molecule has 1 N–H and O–H groups in total. The maximum absolute atomic E-state index is 10.9. The summed E-state index contributed by atoms with van der Waals surface area (Å²) >= 11 is 0. The Morgan fingerprint density at radius 3 is 2.88 bits per heavy atom. The molecule has 0 aliphatic carbocycles. The molecular formula is C11H15N3O2S. The van der Waals surface area contributed by atoms with Gasteiger partial charge in [0.1, 0.15) is 0 Å². The number of aromatic nitrogens is 2. The van der Waals surface area contributed by atoms with E-state index >= 15 is 0 Å². The van der Waals surface area contributed by atoms with Crippen LogP contribution in [0.5, 0.6) is 0 Å². The van der Waals surface area contributed by atoms with Crippen LogP contribution in [0.15, 0.2) is 24.5 Å². The van der Waals surface area contributed by atoms with E-state index in [1.54, 1.807) is 6.33 Å². The average molecular weight is 253 g/mol. The average Bonchev–Trinajstić information content (AvgIpc) is 2.58. The molecule has 0 radical (unpaired) electrons. The van der Waals surface area contributed by atoms with Gasteiger partial charge in [0.2, 0.25) is 10.0 Å². The predicted molar refractivity (Wildman–Crippen MR) is 67.3 cm³/mol. The minimum Gasteiger partial charge on any atom is -0.334 e. The summed E-state index contributed by atoms with van der Waals surface area (Å²) in [5, 5.41) is 0. The predicted octanol–water partition coefficient (Wildman–Crippen LogP) is 0.665. The van der Waals surface area contributed by atoms with Crippen molar-refractivity contribution in [1.29, 1.82) is 0 Å². The Morgan fingerprint density at radius 1 is 1.41 bits per heavy atom. The van der Waals surface area contributed by atoms with Crippen LogP contribution in [0.25, 0.3) is 11.0 Å². The summed E-state index contributed by atoms with van der Waals surface area (Å²) in [5.74, 6) is 0. The first-order valence-corrected chi connectivity index (χ1v) is 7.19.